The smallest absolute Gasteiger partial charge is 0.325 e. The molecule has 0 aliphatic carbocycles. The average molecular weight is 486 g/mol. The van der Waals surface area contributed by atoms with Gasteiger partial charge in [0.15, 0.2) is 0 Å². The highest BCUT2D eigenvalue weighted by Crippen LogP contribution is 2.19. The Morgan fingerprint density at radius 1 is 0.704 bits per heavy atom. The van der Waals surface area contributed by atoms with Gasteiger partial charge in [0, 0.05) is 29.3 Å². The first-order chi connectivity index (χ1) is 12.8. The molecule has 0 atom stereocenters. The lowest BCUT2D eigenvalue weighted by atomic mass is 10.1. The number of hydrogen-bond acceptors (Lipinski definition) is 8. The minimum Gasteiger partial charge on any atom is -0.325 e. The van der Waals surface area contributed by atoms with Crippen molar-refractivity contribution >= 4 is 58.2 Å². The van der Waals surface area contributed by atoms with Crippen LogP contribution in [0.2, 0.25) is 0 Å². The van der Waals surface area contributed by atoms with E-state index in [4.69, 9.17) is 9.68 Å². The largest absolute Gasteiger partial charge is 0.363 e. The fraction of sp³-hybridized carbons (Fsp3) is 0.250. The zero-order chi connectivity index (χ0) is 19.7. The maximum atomic E-state index is 12.2. The molecule has 0 bridgehead atoms. The van der Waals surface area contributed by atoms with Gasteiger partial charge in [-0.1, -0.05) is 0 Å². The Bertz CT molecular complexity index is 796. The second kappa shape index (κ2) is 7.42. The lowest BCUT2D eigenvalue weighted by molar-refractivity contribution is -0.173. The molecule has 0 N–H and O–H groups in total. The van der Waals surface area contributed by atoms with Crippen LogP contribution in [0, 0.1) is 3.57 Å². The van der Waals surface area contributed by atoms with Crippen LogP contribution in [0.3, 0.4) is 0 Å². The van der Waals surface area contributed by atoms with E-state index in [1.165, 1.54) is 12.1 Å². The third-order valence-electron chi connectivity index (χ3n) is 3.73. The number of halogens is 1. The topological polar surface area (TPSA) is 127 Å². The molecule has 1 aromatic rings. The first kappa shape index (κ1) is 18.9. The van der Waals surface area contributed by atoms with Crippen LogP contribution in [0.5, 0.6) is 0 Å². The lowest BCUT2D eigenvalue weighted by Crippen LogP contribution is -2.33. The molecule has 1 aromatic carbocycles. The van der Waals surface area contributed by atoms with Gasteiger partial charge in [0.1, 0.15) is 0 Å². The second-order valence-electron chi connectivity index (χ2n) is 5.65. The van der Waals surface area contributed by atoms with Gasteiger partial charge >= 0.3 is 11.9 Å². The Morgan fingerprint density at radius 2 is 1.04 bits per heavy atom. The van der Waals surface area contributed by atoms with Gasteiger partial charge in [0.05, 0.1) is 11.1 Å². The monoisotopic (exact) mass is 486 g/mol. The van der Waals surface area contributed by atoms with Crippen molar-refractivity contribution in [1.82, 2.24) is 10.1 Å². The van der Waals surface area contributed by atoms with Crippen LogP contribution < -0.4 is 0 Å². The third kappa shape index (κ3) is 3.97. The number of nitrogens with zero attached hydrogens (tertiary/aromatic N) is 2. The van der Waals surface area contributed by atoms with Gasteiger partial charge in [-0.15, -0.1) is 10.1 Å². The summed E-state index contributed by atoms with van der Waals surface area (Å²) in [5.41, 5.74) is -0.221. The minimum atomic E-state index is -1.01. The van der Waals surface area contributed by atoms with E-state index < -0.39 is 35.6 Å². The number of amides is 4. The van der Waals surface area contributed by atoms with Crippen molar-refractivity contribution in [2.75, 3.05) is 0 Å². The summed E-state index contributed by atoms with van der Waals surface area (Å²) < 4.78 is 0.451. The molecule has 0 saturated carbocycles. The number of hydrogen-bond donors (Lipinski definition) is 0. The van der Waals surface area contributed by atoms with Gasteiger partial charge in [-0.05, 0) is 40.8 Å². The van der Waals surface area contributed by atoms with E-state index in [1.54, 1.807) is 0 Å². The fourth-order valence-corrected chi connectivity index (χ4v) is 3.08. The SMILES string of the molecule is O=C(ON1C(=O)CCC1=O)c1cc(I)cc(C(=O)ON2C(=O)CCC2=O)c1. The van der Waals surface area contributed by atoms with Crippen LogP contribution in [0.25, 0.3) is 0 Å². The Morgan fingerprint density at radius 3 is 1.37 bits per heavy atom. The molecule has 2 saturated heterocycles. The molecule has 0 radical (unpaired) electrons. The summed E-state index contributed by atoms with van der Waals surface area (Å²) in [6.45, 7) is 0. The van der Waals surface area contributed by atoms with Crippen LogP contribution in [0.4, 0.5) is 0 Å². The van der Waals surface area contributed by atoms with Crippen LogP contribution in [0.15, 0.2) is 18.2 Å². The fourth-order valence-electron chi connectivity index (χ4n) is 2.41. The standard InChI is InChI=1S/C16H11IN2O8/c17-10-6-8(15(24)26-18-11(20)1-2-12(18)21)5-9(7-10)16(25)27-19-13(22)3-4-14(19)23/h5-7H,1-4H2. The molecule has 10 nitrogen and oxygen atoms in total. The quantitative estimate of drug-likeness (QED) is 0.451. The van der Waals surface area contributed by atoms with Crippen molar-refractivity contribution in [3.63, 3.8) is 0 Å². The highest BCUT2D eigenvalue weighted by Gasteiger charge is 2.35. The van der Waals surface area contributed by atoms with E-state index in [1.807, 2.05) is 22.6 Å². The number of carbonyl (C=O) groups excluding carboxylic acids is 6. The summed E-state index contributed by atoms with van der Waals surface area (Å²) in [5.74, 6) is -4.57. The number of rotatable bonds is 4. The first-order valence-corrected chi connectivity index (χ1v) is 8.81. The Hall–Kier alpha value is -2.83. The normalized spacial score (nSPS) is 16.9. The first-order valence-electron chi connectivity index (χ1n) is 7.73. The van der Waals surface area contributed by atoms with Crippen LogP contribution in [-0.4, -0.2) is 45.7 Å². The van der Waals surface area contributed by atoms with Gasteiger partial charge < -0.3 is 9.68 Å². The van der Waals surface area contributed by atoms with Crippen LogP contribution in [-0.2, 0) is 28.9 Å². The van der Waals surface area contributed by atoms with E-state index >= 15 is 0 Å². The molecule has 140 valence electrons. The van der Waals surface area contributed by atoms with Gasteiger partial charge in [-0.3, -0.25) is 19.2 Å². The maximum Gasteiger partial charge on any atom is 0.363 e. The molecular formula is C16H11IN2O8. The molecule has 27 heavy (non-hydrogen) atoms. The van der Waals surface area contributed by atoms with E-state index in [2.05, 4.69) is 0 Å². The van der Waals surface area contributed by atoms with E-state index in [0.29, 0.717) is 13.7 Å². The van der Waals surface area contributed by atoms with Gasteiger partial charge in [0.25, 0.3) is 23.6 Å². The van der Waals surface area contributed by atoms with Gasteiger partial charge in [-0.25, -0.2) is 9.59 Å². The van der Waals surface area contributed by atoms with Crippen molar-refractivity contribution in [2.45, 2.75) is 25.7 Å². The minimum absolute atomic E-state index is 0.0477. The van der Waals surface area contributed by atoms with E-state index in [0.717, 1.165) is 6.07 Å². The molecule has 4 amide bonds. The number of imide groups is 2. The molecule has 3 rings (SSSR count). The number of benzene rings is 1. The average Bonchev–Trinajstić information content (AvgIpc) is 3.11. The molecule has 2 aliphatic rings. The Labute approximate surface area is 165 Å². The molecule has 0 spiro atoms. The zero-order valence-corrected chi connectivity index (χ0v) is 15.8. The highest BCUT2D eigenvalue weighted by atomic mass is 127. The third-order valence-corrected chi connectivity index (χ3v) is 4.35. The molecular weight excluding hydrogens is 475 g/mol. The summed E-state index contributed by atoms with van der Waals surface area (Å²) in [5, 5.41) is 0.781. The highest BCUT2D eigenvalue weighted by molar-refractivity contribution is 14.1. The van der Waals surface area contributed by atoms with Crippen molar-refractivity contribution in [3.05, 3.63) is 32.9 Å². The van der Waals surface area contributed by atoms with Gasteiger partial charge in [-0.2, -0.15) is 0 Å². The van der Waals surface area contributed by atoms with Crippen LogP contribution >= 0.6 is 22.6 Å². The summed E-state index contributed by atoms with van der Waals surface area (Å²) in [6.07, 6.45) is -0.191. The summed E-state index contributed by atoms with van der Waals surface area (Å²) in [7, 11) is 0. The molecule has 11 heteroatoms. The predicted octanol–water partition coefficient (Wildman–Crippen LogP) is 0.733. The number of hydroxylamine groups is 4. The molecule has 2 fully saturated rings. The van der Waals surface area contributed by atoms with Gasteiger partial charge in [0.2, 0.25) is 0 Å². The van der Waals surface area contributed by atoms with Crippen molar-refractivity contribution in [1.29, 1.82) is 0 Å². The second-order valence-corrected chi connectivity index (χ2v) is 6.90. The number of carbonyl (C=O) groups is 6. The molecule has 0 unspecified atom stereocenters. The summed E-state index contributed by atoms with van der Waals surface area (Å²) in [6, 6.07) is 3.86. The lowest BCUT2D eigenvalue weighted by Gasteiger charge is -2.14. The van der Waals surface area contributed by atoms with Crippen molar-refractivity contribution in [3.8, 4) is 0 Å². The summed E-state index contributed by atoms with van der Waals surface area (Å²) in [4.78, 5) is 80.2. The molecule has 0 aromatic heterocycles. The predicted molar refractivity (Wildman–Crippen MR) is 92.2 cm³/mol. The van der Waals surface area contributed by atoms with Crippen molar-refractivity contribution < 1.29 is 38.4 Å². The van der Waals surface area contributed by atoms with Crippen LogP contribution in [0.1, 0.15) is 46.4 Å². The maximum absolute atomic E-state index is 12.2. The molecule has 2 aliphatic heterocycles. The summed E-state index contributed by atoms with van der Waals surface area (Å²) >= 11 is 1.83. The molecule has 2 heterocycles. The Balaban J connectivity index is 1.77. The Kier molecular flexibility index (Phi) is 5.21. The van der Waals surface area contributed by atoms with Crippen molar-refractivity contribution in [2.24, 2.45) is 0 Å². The van der Waals surface area contributed by atoms with E-state index in [-0.39, 0.29) is 36.8 Å². The zero-order valence-electron chi connectivity index (χ0n) is 13.6. The van der Waals surface area contributed by atoms with E-state index in [9.17, 15) is 28.8 Å².